The summed E-state index contributed by atoms with van der Waals surface area (Å²) in [6, 6.07) is 4.05. The van der Waals surface area contributed by atoms with E-state index in [9.17, 15) is 0 Å². The van der Waals surface area contributed by atoms with Gasteiger partial charge >= 0.3 is 0 Å². The molecule has 2 heterocycles. The Balaban J connectivity index is 2.81. The Labute approximate surface area is 97.4 Å². The molecule has 1 aromatic rings. The molecular weight excluding hydrogens is 222 g/mol. The molecule has 0 saturated heterocycles. The van der Waals surface area contributed by atoms with Gasteiger partial charge in [-0.2, -0.15) is 5.26 Å². The van der Waals surface area contributed by atoms with Crippen LogP contribution >= 0.6 is 11.8 Å². The average Bonchev–Trinajstić information content (AvgIpc) is 2.55. The minimum atomic E-state index is -0.340. The highest BCUT2D eigenvalue weighted by Gasteiger charge is 2.24. The molecule has 16 heavy (non-hydrogen) atoms. The Kier molecular flexibility index (Phi) is 2.75. The molecular formula is C11H11N3OS. The molecule has 5 heteroatoms. The van der Waals surface area contributed by atoms with Crippen LogP contribution in [0.25, 0.3) is 12.0 Å². The number of thioether (sulfide) groups is 1. The first-order chi connectivity index (χ1) is 7.67. The fraction of sp³-hybridized carbons (Fsp3) is 0.273. The number of hydrogen-bond donors (Lipinski definition) is 1. The van der Waals surface area contributed by atoms with Gasteiger partial charge in [-0.1, -0.05) is 11.8 Å². The number of fused-ring (bicyclic) bond motifs is 1. The summed E-state index contributed by atoms with van der Waals surface area (Å²) < 4.78 is 5.01. The molecule has 4 nitrogen and oxygen atoms in total. The van der Waals surface area contributed by atoms with Gasteiger partial charge < -0.3 is 10.5 Å². The van der Waals surface area contributed by atoms with Crippen LogP contribution in [0.2, 0.25) is 0 Å². The predicted octanol–water partition coefficient (Wildman–Crippen LogP) is -0.161. The van der Waals surface area contributed by atoms with Crippen LogP contribution in [-0.4, -0.2) is 17.3 Å². The van der Waals surface area contributed by atoms with Gasteiger partial charge in [0.1, 0.15) is 10.3 Å². The van der Waals surface area contributed by atoms with E-state index in [1.165, 1.54) is 11.8 Å². The molecule has 1 aliphatic rings. The molecule has 0 aliphatic carbocycles. The Bertz CT molecular complexity index is 588. The third-order valence-electron chi connectivity index (χ3n) is 2.31. The Morgan fingerprint density at radius 2 is 2.44 bits per heavy atom. The predicted molar refractivity (Wildman–Crippen MR) is 62.6 cm³/mol. The summed E-state index contributed by atoms with van der Waals surface area (Å²) in [6.45, 7) is 1.91. The van der Waals surface area contributed by atoms with Gasteiger partial charge in [-0.05, 0) is 13.0 Å². The first-order valence-electron chi connectivity index (χ1n) is 4.74. The number of rotatable bonds is 1. The van der Waals surface area contributed by atoms with Crippen molar-refractivity contribution in [2.24, 2.45) is 5.73 Å². The van der Waals surface area contributed by atoms with E-state index in [1.807, 2.05) is 13.0 Å². The summed E-state index contributed by atoms with van der Waals surface area (Å²) in [5.41, 5.74) is 7.40. The summed E-state index contributed by atoms with van der Waals surface area (Å²) in [7, 11) is 1.59. The summed E-state index contributed by atoms with van der Waals surface area (Å²) in [6.07, 6.45) is 1.63. The SMILES string of the molecule is COC=c1cc(C)nc2c1=C(N)C(C#N)S2. The number of nitrogens with two attached hydrogens (primary N) is 1. The lowest BCUT2D eigenvalue weighted by atomic mass is 10.2. The summed E-state index contributed by atoms with van der Waals surface area (Å²) in [5.74, 6) is 0. The summed E-state index contributed by atoms with van der Waals surface area (Å²) >= 11 is 1.39. The number of methoxy groups -OCH3 is 1. The first-order valence-corrected chi connectivity index (χ1v) is 5.62. The normalized spacial score (nSPS) is 19.4. The van der Waals surface area contributed by atoms with Gasteiger partial charge in [0.2, 0.25) is 0 Å². The average molecular weight is 233 g/mol. The van der Waals surface area contributed by atoms with Gasteiger partial charge in [0.05, 0.1) is 19.4 Å². The lowest BCUT2D eigenvalue weighted by molar-refractivity contribution is 0.391. The second-order valence-corrected chi connectivity index (χ2v) is 4.56. The van der Waals surface area contributed by atoms with Gasteiger partial charge in [-0.15, -0.1) is 0 Å². The van der Waals surface area contributed by atoms with Crippen LogP contribution < -0.4 is 16.2 Å². The molecule has 1 atom stereocenters. The number of aromatic nitrogens is 1. The first kappa shape index (κ1) is 10.8. The molecule has 0 radical (unpaired) electrons. The number of ether oxygens (including phenoxy) is 1. The maximum absolute atomic E-state index is 8.96. The number of aryl methyl sites for hydroxylation is 1. The third kappa shape index (κ3) is 1.61. The highest BCUT2D eigenvalue weighted by molar-refractivity contribution is 8.00. The van der Waals surface area contributed by atoms with Gasteiger partial charge in [-0.25, -0.2) is 4.98 Å². The lowest BCUT2D eigenvalue weighted by Crippen LogP contribution is -2.32. The van der Waals surface area contributed by atoms with Crippen LogP contribution in [0.4, 0.5) is 0 Å². The molecule has 1 aromatic heterocycles. The van der Waals surface area contributed by atoms with Crippen molar-refractivity contribution in [3.05, 3.63) is 22.2 Å². The van der Waals surface area contributed by atoms with Crippen LogP contribution in [0, 0.1) is 18.3 Å². The topological polar surface area (TPSA) is 71.9 Å². The zero-order valence-corrected chi connectivity index (χ0v) is 9.84. The molecule has 0 fully saturated rings. The Morgan fingerprint density at radius 3 is 3.06 bits per heavy atom. The molecule has 0 saturated carbocycles. The van der Waals surface area contributed by atoms with Crippen molar-refractivity contribution in [2.45, 2.75) is 17.2 Å². The minimum absolute atomic E-state index is 0.340. The van der Waals surface area contributed by atoms with E-state index in [4.69, 9.17) is 15.7 Å². The molecule has 0 aromatic carbocycles. The monoisotopic (exact) mass is 233 g/mol. The molecule has 2 rings (SSSR count). The van der Waals surface area contributed by atoms with Crippen molar-refractivity contribution >= 4 is 23.7 Å². The highest BCUT2D eigenvalue weighted by Crippen LogP contribution is 2.26. The van der Waals surface area contributed by atoms with Crippen molar-refractivity contribution < 1.29 is 4.74 Å². The van der Waals surface area contributed by atoms with E-state index in [0.29, 0.717) is 5.70 Å². The largest absolute Gasteiger partial charge is 0.504 e. The molecule has 0 bridgehead atoms. The third-order valence-corrected chi connectivity index (χ3v) is 3.42. The maximum Gasteiger partial charge on any atom is 0.138 e. The van der Waals surface area contributed by atoms with E-state index >= 15 is 0 Å². The smallest absolute Gasteiger partial charge is 0.138 e. The van der Waals surface area contributed by atoms with Gasteiger partial charge in [0, 0.05) is 21.8 Å². The van der Waals surface area contributed by atoms with Crippen LogP contribution in [0.15, 0.2) is 11.1 Å². The number of hydrogen-bond acceptors (Lipinski definition) is 5. The van der Waals surface area contributed by atoms with E-state index in [-0.39, 0.29) is 5.25 Å². The number of nitriles is 1. The summed E-state index contributed by atoms with van der Waals surface area (Å²) in [4.78, 5) is 4.38. The number of nitrogens with zero attached hydrogens (tertiary/aromatic N) is 2. The zero-order chi connectivity index (χ0) is 11.7. The quantitative estimate of drug-likeness (QED) is 0.729. The van der Waals surface area contributed by atoms with Crippen LogP contribution in [0.3, 0.4) is 0 Å². The van der Waals surface area contributed by atoms with Gasteiger partial charge in [0.25, 0.3) is 0 Å². The standard InChI is InChI=1S/C11H11N3OS/c1-6-3-7(5-15-2)9-10(13)8(4-12)16-11(9)14-6/h3,5,8H,13H2,1-2H3. The van der Waals surface area contributed by atoms with Crippen molar-refractivity contribution in [3.63, 3.8) is 0 Å². The Morgan fingerprint density at radius 1 is 1.69 bits per heavy atom. The van der Waals surface area contributed by atoms with Crippen LogP contribution in [0.1, 0.15) is 5.69 Å². The van der Waals surface area contributed by atoms with E-state index in [1.54, 1.807) is 13.4 Å². The lowest BCUT2D eigenvalue weighted by Gasteiger charge is -1.97. The fourth-order valence-corrected chi connectivity index (χ4v) is 2.74. The highest BCUT2D eigenvalue weighted by atomic mass is 32.2. The Hall–Kier alpha value is -1.67. The van der Waals surface area contributed by atoms with Gasteiger partial charge in [0.15, 0.2) is 0 Å². The minimum Gasteiger partial charge on any atom is -0.504 e. The zero-order valence-electron chi connectivity index (χ0n) is 9.02. The van der Waals surface area contributed by atoms with Crippen molar-refractivity contribution in [2.75, 3.05) is 7.11 Å². The van der Waals surface area contributed by atoms with E-state index < -0.39 is 0 Å². The fourth-order valence-electron chi connectivity index (χ4n) is 1.67. The molecule has 1 aliphatic heterocycles. The maximum atomic E-state index is 8.96. The number of pyridine rings is 1. The van der Waals surface area contributed by atoms with Crippen LogP contribution in [-0.2, 0) is 4.74 Å². The second-order valence-electron chi connectivity index (χ2n) is 3.47. The van der Waals surface area contributed by atoms with Gasteiger partial charge in [-0.3, -0.25) is 0 Å². The second kappa shape index (κ2) is 4.06. The van der Waals surface area contributed by atoms with E-state index in [2.05, 4.69) is 11.1 Å². The molecule has 0 amide bonds. The molecule has 0 spiro atoms. The van der Waals surface area contributed by atoms with Crippen LogP contribution in [0.5, 0.6) is 0 Å². The van der Waals surface area contributed by atoms with Crippen molar-refractivity contribution in [1.82, 2.24) is 4.98 Å². The molecule has 2 N–H and O–H groups in total. The van der Waals surface area contributed by atoms with Crippen molar-refractivity contribution in [1.29, 1.82) is 5.26 Å². The molecule has 1 unspecified atom stereocenters. The summed E-state index contributed by atoms with van der Waals surface area (Å²) in [5, 5.41) is 11.1. The molecule has 82 valence electrons. The van der Waals surface area contributed by atoms with E-state index in [0.717, 1.165) is 21.2 Å². The van der Waals surface area contributed by atoms with Crippen molar-refractivity contribution in [3.8, 4) is 6.07 Å².